The minimum Gasteiger partial charge on any atom is -0.455 e. The number of aromatic nitrogens is 2. The Morgan fingerprint density at radius 2 is 1.71 bits per heavy atom. The molecular formula is C24H24ClN3O3. The van der Waals surface area contributed by atoms with E-state index in [1.54, 1.807) is 56.3 Å². The Bertz CT molecular complexity index is 1180. The van der Waals surface area contributed by atoms with Crippen LogP contribution in [0.4, 0.5) is 5.69 Å². The van der Waals surface area contributed by atoms with Gasteiger partial charge >= 0.3 is 5.97 Å². The zero-order valence-corrected chi connectivity index (χ0v) is 18.9. The van der Waals surface area contributed by atoms with Gasteiger partial charge in [-0.1, -0.05) is 29.8 Å². The fraction of sp³-hybridized carbons (Fsp3) is 0.292. The Morgan fingerprint density at radius 3 is 2.35 bits per heavy atom. The number of benzene rings is 2. The van der Waals surface area contributed by atoms with Crippen LogP contribution in [-0.2, 0) is 10.3 Å². The number of hydrogen-bond donors (Lipinski definition) is 0. The molecule has 0 aliphatic carbocycles. The third-order valence-electron chi connectivity index (χ3n) is 5.16. The molecular weight excluding hydrogens is 414 g/mol. The van der Waals surface area contributed by atoms with Crippen LogP contribution >= 0.6 is 11.6 Å². The topological polar surface area (TPSA) is 64.4 Å². The summed E-state index contributed by atoms with van der Waals surface area (Å²) in [6.07, 6.45) is 1.59. The predicted octanol–water partition coefficient (Wildman–Crippen LogP) is 5.38. The Morgan fingerprint density at radius 1 is 1.03 bits per heavy atom. The zero-order valence-electron chi connectivity index (χ0n) is 18.1. The molecule has 4 rings (SSSR count). The van der Waals surface area contributed by atoms with E-state index in [1.165, 1.54) is 0 Å². The number of carbonyl (C=O) groups excluding carboxylic acids is 2. The number of carbonyl (C=O) groups is 2. The van der Waals surface area contributed by atoms with Gasteiger partial charge in [-0.05, 0) is 65.0 Å². The normalized spacial score (nSPS) is 14.6. The molecule has 1 aliphatic heterocycles. The lowest BCUT2D eigenvalue weighted by Crippen LogP contribution is -2.50. The lowest BCUT2D eigenvalue weighted by atomic mass is 9.90. The summed E-state index contributed by atoms with van der Waals surface area (Å²) < 4.78 is 7.42. The maximum atomic E-state index is 13.7. The second-order valence-corrected chi connectivity index (χ2v) is 9.45. The highest BCUT2D eigenvalue weighted by Crippen LogP contribution is 2.45. The number of halogens is 1. The van der Waals surface area contributed by atoms with E-state index in [1.807, 2.05) is 42.7 Å². The summed E-state index contributed by atoms with van der Waals surface area (Å²) in [7, 11) is 0. The van der Waals surface area contributed by atoms with Gasteiger partial charge in [-0.2, -0.15) is 0 Å². The van der Waals surface area contributed by atoms with Crippen molar-refractivity contribution in [1.29, 1.82) is 0 Å². The average molecular weight is 438 g/mol. The first-order chi connectivity index (χ1) is 14.5. The SMILES string of the molecule is CC(C)(C)OC(=O)c1ncn2c1C(C)(C)N(C(=O)c1ccccc1)c1cc(Cl)ccc1-2. The Labute approximate surface area is 186 Å². The maximum absolute atomic E-state index is 13.7. The van der Waals surface area contributed by atoms with Crippen LogP contribution in [0.25, 0.3) is 5.69 Å². The van der Waals surface area contributed by atoms with Crippen LogP contribution in [0.2, 0.25) is 5.02 Å². The van der Waals surface area contributed by atoms with Gasteiger partial charge in [0.25, 0.3) is 5.91 Å². The van der Waals surface area contributed by atoms with Gasteiger partial charge in [0.1, 0.15) is 11.9 Å². The van der Waals surface area contributed by atoms with Gasteiger partial charge in [0.15, 0.2) is 5.69 Å². The molecule has 2 aromatic carbocycles. The first kappa shape index (κ1) is 21.1. The van der Waals surface area contributed by atoms with E-state index in [9.17, 15) is 9.59 Å². The van der Waals surface area contributed by atoms with Gasteiger partial charge in [0.05, 0.1) is 22.6 Å². The Kier molecular flexibility index (Phi) is 4.93. The molecule has 160 valence electrons. The summed E-state index contributed by atoms with van der Waals surface area (Å²) in [5.74, 6) is -0.726. The molecule has 0 atom stereocenters. The molecule has 0 fully saturated rings. The molecule has 0 saturated heterocycles. The van der Waals surface area contributed by atoms with Crippen molar-refractivity contribution >= 4 is 29.2 Å². The molecule has 0 N–H and O–H groups in total. The highest BCUT2D eigenvalue weighted by molar-refractivity contribution is 6.31. The number of nitrogens with zero attached hydrogens (tertiary/aromatic N) is 3. The third kappa shape index (κ3) is 3.61. The quantitative estimate of drug-likeness (QED) is 0.505. The Hall–Kier alpha value is -3.12. The number of amides is 1. The average Bonchev–Trinajstić information content (AvgIpc) is 3.13. The number of fused-ring (bicyclic) bond motifs is 3. The molecule has 6 nitrogen and oxygen atoms in total. The molecule has 0 saturated carbocycles. The summed E-state index contributed by atoms with van der Waals surface area (Å²) in [4.78, 5) is 32.7. The van der Waals surface area contributed by atoms with Crippen molar-refractivity contribution in [3.63, 3.8) is 0 Å². The maximum Gasteiger partial charge on any atom is 0.359 e. The fourth-order valence-electron chi connectivity index (χ4n) is 3.95. The molecule has 0 spiro atoms. The molecule has 31 heavy (non-hydrogen) atoms. The van der Waals surface area contributed by atoms with E-state index in [0.717, 1.165) is 0 Å². The van der Waals surface area contributed by atoms with Gasteiger partial charge in [-0.25, -0.2) is 9.78 Å². The first-order valence-corrected chi connectivity index (χ1v) is 10.4. The third-order valence-corrected chi connectivity index (χ3v) is 5.40. The number of imidazole rings is 1. The van der Waals surface area contributed by atoms with Crippen molar-refractivity contribution in [3.05, 3.63) is 76.8 Å². The van der Waals surface area contributed by atoms with Crippen molar-refractivity contribution in [1.82, 2.24) is 9.55 Å². The van der Waals surface area contributed by atoms with E-state index >= 15 is 0 Å². The molecule has 0 radical (unpaired) electrons. The van der Waals surface area contributed by atoms with Crippen LogP contribution in [0, 0.1) is 0 Å². The van der Waals surface area contributed by atoms with Crippen molar-refractivity contribution in [2.75, 3.05) is 4.90 Å². The summed E-state index contributed by atoms with van der Waals surface area (Å²) in [6.45, 7) is 9.20. The largest absolute Gasteiger partial charge is 0.455 e. The van der Waals surface area contributed by atoms with Gasteiger partial charge in [0.2, 0.25) is 0 Å². The summed E-state index contributed by atoms with van der Waals surface area (Å²) in [6, 6.07) is 14.4. The van der Waals surface area contributed by atoms with E-state index in [-0.39, 0.29) is 11.6 Å². The van der Waals surface area contributed by atoms with Crippen LogP contribution < -0.4 is 4.90 Å². The minimum atomic E-state index is -0.909. The smallest absolute Gasteiger partial charge is 0.359 e. The number of hydrogen-bond acceptors (Lipinski definition) is 4. The van der Waals surface area contributed by atoms with E-state index in [0.29, 0.717) is 27.7 Å². The number of esters is 1. The summed E-state index contributed by atoms with van der Waals surface area (Å²) in [5, 5.41) is 0.511. The highest BCUT2D eigenvalue weighted by Gasteiger charge is 2.45. The van der Waals surface area contributed by atoms with Crippen molar-refractivity contribution in [2.24, 2.45) is 0 Å². The first-order valence-electron chi connectivity index (χ1n) is 10.0. The molecule has 3 aromatic rings. The second kappa shape index (κ2) is 7.24. The lowest BCUT2D eigenvalue weighted by molar-refractivity contribution is 0.00598. The van der Waals surface area contributed by atoms with Gasteiger partial charge in [0, 0.05) is 10.6 Å². The summed E-state index contributed by atoms with van der Waals surface area (Å²) in [5.41, 5.74) is 1.09. The van der Waals surface area contributed by atoms with Crippen LogP contribution in [-0.4, -0.2) is 27.0 Å². The van der Waals surface area contributed by atoms with Gasteiger partial charge < -0.3 is 4.74 Å². The van der Waals surface area contributed by atoms with Crippen molar-refractivity contribution < 1.29 is 14.3 Å². The molecule has 0 bridgehead atoms. The van der Waals surface area contributed by atoms with E-state index < -0.39 is 17.1 Å². The highest BCUT2D eigenvalue weighted by atomic mass is 35.5. The standard InChI is InChI=1S/C24H24ClN3O3/c1-23(2,3)31-22(30)19-20-24(4,5)28(21(29)15-9-7-6-8-10-15)18-13-16(25)11-12-17(18)27(20)14-26-19/h6-14H,1-5H3. The van der Waals surface area contributed by atoms with Crippen LogP contribution in [0.3, 0.4) is 0 Å². The van der Waals surface area contributed by atoms with Crippen LogP contribution in [0.1, 0.15) is 61.2 Å². The van der Waals surface area contributed by atoms with Crippen LogP contribution in [0.15, 0.2) is 54.9 Å². The van der Waals surface area contributed by atoms with Crippen molar-refractivity contribution in [3.8, 4) is 5.69 Å². The van der Waals surface area contributed by atoms with Crippen molar-refractivity contribution in [2.45, 2.75) is 45.8 Å². The van der Waals surface area contributed by atoms with E-state index in [2.05, 4.69) is 4.98 Å². The number of anilines is 1. The molecule has 1 aliphatic rings. The second-order valence-electron chi connectivity index (χ2n) is 9.01. The fourth-order valence-corrected chi connectivity index (χ4v) is 4.12. The molecule has 1 amide bonds. The Balaban J connectivity index is 1.94. The molecule has 0 unspecified atom stereocenters. The predicted molar refractivity (Wildman–Crippen MR) is 120 cm³/mol. The van der Waals surface area contributed by atoms with E-state index in [4.69, 9.17) is 16.3 Å². The minimum absolute atomic E-state index is 0.186. The number of rotatable bonds is 2. The molecule has 1 aromatic heterocycles. The van der Waals surface area contributed by atoms with Gasteiger partial charge in [-0.15, -0.1) is 0 Å². The lowest BCUT2D eigenvalue weighted by Gasteiger charge is -2.44. The summed E-state index contributed by atoms with van der Waals surface area (Å²) >= 11 is 6.30. The number of ether oxygens (including phenoxy) is 1. The zero-order chi connectivity index (χ0) is 22.6. The van der Waals surface area contributed by atoms with Crippen LogP contribution in [0.5, 0.6) is 0 Å². The monoisotopic (exact) mass is 437 g/mol. The van der Waals surface area contributed by atoms with Gasteiger partial charge in [-0.3, -0.25) is 14.3 Å². The molecule has 7 heteroatoms. The molecule has 2 heterocycles.